The smallest absolute Gasteiger partial charge is 0.0474 e. The highest BCUT2D eigenvalue weighted by Crippen LogP contribution is 2.36. The highest BCUT2D eigenvalue weighted by Gasteiger charge is 2.12. The largest absolute Gasteiger partial charge is 0.398 e. The van der Waals surface area contributed by atoms with Gasteiger partial charge in [-0.1, -0.05) is 36.4 Å². The first-order chi connectivity index (χ1) is 10.3. The number of nitrogen functional groups attached to an aromatic ring is 1. The third kappa shape index (κ3) is 2.93. The molecule has 3 heteroatoms. The lowest BCUT2D eigenvalue weighted by Gasteiger charge is -2.25. The Morgan fingerprint density at radius 2 is 1.19 bits per heavy atom. The first kappa shape index (κ1) is 13.7. The zero-order chi connectivity index (χ0) is 14.7. The Hall–Kier alpha value is -2.26. The Morgan fingerprint density at radius 1 is 0.667 bits per heavy atom. The molecule has 0 atom stereocenters. The monoisotopic (exact) mass is 338 g/mol. The van der Waals surface area contributed by atoms with Crippen LogP contribution in [-0.4, -0.2) is 0 Å². The van der Waals surface area contributed by atoms with Gasteiger partial charge in [0, 0.05) is 27.2 Å². The van der Waals surface area contributed by atoms with Gasteiger partial charge in [0.25, 0.3) is 0 Å². The van der Waals surface area contributed by atoms with E-state index >= 15 is 0 Å². The second kappa shape index (κ2) is 6.02. The summed E-state index contributed by atoms with van der Waals surface area (Å²) in [5.74, 6) is 0. The molecular formula is C18H15BrN2. The van der Waals surface area contributed by atoms with Crippen molar-refractivity contribution in [2.45, 2.75) is 0 Å². The summed E-state index contributed by atoms with van der Waals surface area (Å²) in [6.07, 6.45) is 0. The van der Waals surface area contributed by atoms with E-state index in [0.29, 0.717) is 0 Å². The van der Waals surface area contributed by atoms with E-state index in [1.807, 2.05) is 54.6 Å². The molecule has 0 bridgehead atoms. The minimum Gasteiger partial charge on any atom is -0.398 e. The van der Waals surface area contributed by atoms with Crippen LogP contribution in [0, 0.1) is 0 Å². The Kier molecular flexibility index (Phi) is 3.93. The molecule has 0 spiro atoms. The topological polar surface area (TPSA) is 29.3 Å². The lowest BCUT2D eigenvalue weighted by molar-refractivity contribution is 1.28. The van der Waals surface area contributed by atoms with Crippen LogP contribution in [0.15, 0.2) is 83.3 Å². The summed E-state index contributed by atoms with van der Waals surface area (Å²) in [4.78, 5) is 2.20. The highest BCUT2D eigenvalue weighted by molar-refractivity contribution is 9.10. The zero-order valence-corrected chi connectivity index (χ0v) is 13.0. The maximum absolute atomic E-state index is 5.90. The predicted molar refractivity (Wildman–Crippen MR) is 93.2 cm³/mol. The number of para-hydroxylation sites is 2. The molecule has 0 fully saturated rings. The van der Waals surface area contributed by atoms with Crippen LogP contribution in [0.4, 0.5) is 22.7 Å². The number of nitrogens with two attached hydrogens (primary N) is 1. The quantitative estimate of drug-likeness (QED) is 0.638. The Bertz CT molecular complexity index is 687. The van der Waals surface area contributed by atoms with Crippen molar-refractivity contribution in [1.29, 1.82) is 0 Å². The van der Waals surface area contributed by atoms with Gasteiger partial charge in [-0.15, -0.1) is 0 Å². The van der Waals surface area contributed by atoms with E-state index in [1.165, 1.54) is 0 Å². The zero-order valence-electron chi connectivity index (χ0n) is 11.4. The molecule has 104 valence electrons. The molecule has 0 unspecified atom stereocenters. The molecule has 0 aliphatic rings. The number of rotatable bonds is 3. The SMILES string of the molecule is Nc1ccc(N(c2ccccc2)c2ccccc2)cc1Br. The number of benzene rings is 3. The Morgan fingerprint density at radius 3 is 1.67 bits per heavy atom. The average Bonchev–Trinajstić information content (AvgIpc) is 2.53. The fourth-order valence-corrected chi connectivity index (χ4v) is 2.62. The number of anilines is 4. The van der Waals surface area contributed by atoms with Gasteiger partial charge in [0.15, 0.2) is 0 Å². The van der Waals surface area contributed by atoms with E-state index < -0.39 is 0 Å². The van der Waals surface area contributed by atoms with Crippen LogP contribution in [0.25, 0.3) is 0 Å². The molecule has 3 aromatic carbocycles. The second-order valence-electron chi connectivity index (χ2n) is 4.71. The summed E-state index contributed by atoms with van der Waals surface area (Å²) in [6, 6.07) is 26.6. The molecule has 3 rings (SSSR count). The molecule has 0 saturated heterocycles. The molecule has 2 N–H and O–H groups in total. The van der Waals surface area contributed by atoms with Crippen molar-refractivity contribution in [3.8, 4) is 0 Å². The standard InChI is InChI=1S/C18H15BrN2/c19-17-13-16(11-12-18(17)20)21(14-7-3-1-4-8-14)15-9-5-2-6-10-15/h1-13H,20H2. The van der Waals surface area contributed by atoms with Crippen LogP contribution in [-0.2, 0) is 0 Å². The number of nitrogens with zero attached hydrogens (tertiary/aromatic N) is 1. The molecule has 0 aliphatic carbocycles. The van der Waals surface area contributed by atoms with Gasteiger partial charge < -0.3 is 10.6 Å². The van der Waals surface area contributed by atoms with Gasteiger partial charge >= 0.3 is 0 Å². The van der Waals surface area contributed by atoms with Crippen LogP contribution >= 0.6 is 15.9 Å². The Balaban J connectivity index is 2.14. The maximum atomic E-state index is 5.90. The fourth-order valence-electron chi connectivity index (χ4n) is 2.26. The molecule has 0 heterocycles. The Labute approximate surface area is 133 Å². The first-order valence-corrected chi connectivity index (χ1v) is 7.50. The summed E-state index contributed by atoms with van der Waals surface area (Å²) < 4.78 is 0.900. The summed E-state index contributed by atoms with van der Waals surface area (Å²) >= 11 is 3.51. The van der Waals surface area contributed by atoms with Gasteiger partial charge in [0.2, 0.25) is 0 Å². The molecule has 2 nitrogen and oxygen atoms in total. The summed E-state index contributed by atoms with van der Waals surface area (Å²) in [7, 11) is 0. The molecule has 0 aliphatic heterocycles. The fraction of sp³-hybridized carbons (Fsp3) is 0. The molecule has 3 aromatic rings. The van der Waals surface area contributed by atoms with Crippen molar-refractivity contribution >= 4 is 38.7 Å². The second-order valence-corrected chi connectivity index (χ2v) is 5.57. The predicted octanol–water partition coefficient (Wildman–Crippen LogP) is 5.50. The average molecular weight is 339 g/mol. The van der Waals surface area contributed by atoms with Crippen LogP contribution < -0.4 is 10.6 Å². The molecule has 0 saturated carbocycles. The van der Waals surface area contributed by atoms with Crippen LogP contribution in [0.5, 0.6) is 0 Å². The van der Waals surface area contributed by atoms with Crippen molar-refractivity contribution in [2.75, 3.05) is 10.6 Å². The minimum atomic E-state index is 0.736. The summed E-state index contributed by atoms with van der Waals surface area (Å²) in [5, 5.41) is 0. The third-order valence-electron chi connectivity index (χ3n) is 3.27. The molecule has 0 radical (unpaired) electrons. The lowest BCUT2D eigenvalue weighted by atomic mass is 10.2. The van der Waals surface area contributed by atoms with E-state index in [4.69, 9.17) is 5.73 Å². The van der Waals surface area contributed by atoms with Crippen LogP contribution in [0.1, 0.15) is 0 Å². The van der Waals surface area contributed by atoms with Crippen molar-refractivity contribution in [3.05, 3.63) is 83.3 Å². The third-order valence-corrected chi connectivity index (χ3v) is 3.96. The number of hydrogen-bond donors (Lipinski definition) is 1. The van der Waals surface area contributed by atoms with E-state index in [9.17, 15) is 0 Å². The minimum absolute atomic E-state index is 0.736. The molecule has 0 amide bonds. The van der Waals surface area contributed by atoms with Gasteiger partial charge in [-0.2, -0.15) is 0 Å². The maximum Gasteiger partial charge on any atom is 0.0474 e. The van der Waals surface area contributed by atoms with Crippen molar-refractivity contribution in [2.24, 2.45) is 0 Å². The van der Waals surface area contributed by atoms with E-state index in [-0.39, 0.29) is 0 Å². The van der Waals surface area contributed by atoms with Gasteiger partial charge in [-0.05, 0) is 58.4 Å². The van der Waals surface area contributed by atoms with Gasteiger partial charge in [-0.3, -0.25) is 0 Å². The van der Waals surface area contributed by atoms with Crippen LogP contribution in [0.3, 0.4) is 0 Å². The highest BCUT2D eigenvalue weighted by atomic mass is 79.9. The number of hydrogen-bond acceptors (Lipinski definition) is 2. The molecular weight excluding hydrogens is 324 g/mol. The lowest BCUT2D eigenvalue weighted by Crippen LogP contribution is -2.09. The first-order valence-electron chi connectivity index (χ1n) is 6.71. The van der Waals surface area contributed by atoms with Crippen molar-refractivity contribution < 1.29 is 0 Å². The van der Waals surface area contributed by atoms with E-state index in [2.05, 4.69) is 45.1 Å². The van der Waals surface area contributed by atoms with Gasteiger partial charge in [0.05, 0.1) is 0 Å². The van der Waals surface area contributed by atoms with Gasteiger partial charge in [-0.25, -0.2) is 0 Å². The normalized spacial score (nSPS) is 10.3. The van der Waals surface area contributed by atoms with E-state index in [1.54, 1.807) is 0 Å². The van der Waals surface area contributed by atoms with Crippen LogP contribution in [0.2, 0.25) is 0 Å². The van der Waals surface area contributed by atoms with Crippen molar-refractivity contribution in [1.82, 2.24) is 0 Å². The van der Waals surface area contributed by atoms with Gasteiger partial charge in [0.1, 0.15) is 0 Å². The molecule has 21 heavy (non-hydrogen) atoms. The summed E-state index contributed by atoms with van der Waals surface area (Å²) in [6.45, 7) is 0. The molecule has 0 aromatic heterocycles. The number of halogens is 1. The van der Waals surface area contributed by atoms with Crippen molar-refractivity contribution in [3.63, 3.8) is 0 Å². The summed E-state index contributed by atoms with van der Waals surface area (Å²) in [5.41, 5.74) is 9.92. The van der Waals surface area contributed by atoms with E-state index in [0.717, 1.165) is 27.2 Å².